The summed E-state index contributed by atoms with van der Waals surface area (Å²) in [5.74, 6) is -4.37. The summed E-state index contributed by atoms with van der Waals surface area (Å²) in [7, 11) is 0. The number of carbonyl (C=O) groups is 1. The van der Waals surface area contributed by atoms with Crippen molar-refractivity contribution in [1.82, 2.24) is 0 Å². The molecule has 0 aliphatic carbocycles. The molecule has 1 aromatic rings. The van der Waals surface area contributed by atoms with E-state index < -0.39 is 24.6 Å². The number of nitrogens with one attached hydrogen (secondary N) is 1. The summed E-state index contributed by atoms with van der Waals surface area (Å²) in [5.41, 5.74) is 1.11. The van der Waals surface area contributed by atoms with Crippen molar-refractivity contribution in [2.45, 2.75) is 12.6 Å². The fourth-order valence-electron chi connectivity index (χ4n) is 1.39. The summed E-state index contributed by atoms with van der Waals surface area (Å²) in [6.45, 7) is -0.740. The Bertz CT molecular complexity index is 477. The van der Waals surface area contributed by atoms with Crippen molar-refractivity contribution in [2.75, 3.05) is 11.9 Å². The normalized spacial score (nSPS) is 12.5. The van der Waals surface area contributed by atoms with Crippen LogP contribution in [-0.2, 0) is 11.2 Å². The Morgan fingerprint density at radius 1 is 1.37 bits per heavy atom. The van der Waals surface area contributed by atoms with Crippen molar-refractivity contribution in [1.29, 1.82) is 5.26 Å². The second-order valence-electron chi connectivity index (χ2n) is 3.85. The number of hydrogen-bond acceptors (Lipinski definition) is 3. The van der Waals surface area contributed by atoms with Gasteiger partial charge in [0.15, 0.2) is 5.92 Å². The first-order valence-corrected chi connectivity index (χ1v) is 5.34. The molecule has 0 saturated carbocycles. The highest BCUT2D eigenvalue weighted by atomic mass is 19.4. The van der Waals surface area contributed by atoms with Crippen LogP contribution < -0.4 is 5.32 Å². The van der Waals surface area contributed by atoms with Crippen molar-refractivity contribution in [2.24, 2.45) is 5.92 Å². The first kappa shape index (κ1) is 14.8. The van der Waals surface area contributed by atoms with Gasteiger partial charge in [-0.15, -0.1) is 0 Å². The lowest BCUT2D eigenvalue weighted by Crippen LogP contribution is -2.36. The van der Waals surface area contributed by atoms with E-state index in [0.717, 1.165) is 5.56 Å². The number of nitrogens with zero attached hydrogens (tertiary/aromatic N) is 1. The van der Waals surface area contributed by atoms with Gasteiger partial charge < -0.3 is 10.4 Å². The fourth-order valence-corrected chi connectivity index (χ4v) is 1.39. The van der Waals surface area contributed by atoms with Crippen LogP contribution in [0.3, 0.4) is 0 Å². The molecule has 0 aromatic heterocycles. The molecule has 4 nitrogen and oxygen atoms in total. The lowest BCUT2D eigenvalue weighted by molar-refractivity contribution is -0.190. The van der Waals surface area contributed by atoms with Crippen molar-refractivity contribution in [3.63, 3.8) is 0 Å². The second-order valence-corrected chi connectivity index (χ2v) is 3.85. The van der Waals surface area contributed by atoms with E-state index in [2.05, 4.69) is 5.32 Å². The molecule has 1 aromatic carbocycles. The van der Waals surface area contributed by atoms with E-state index in [1.807, 2.05) is 6.07 Å². The smallest absolute Gasteiger partial charge is 0.403 e. The maximum absolute atomic E-state index is 12.4. The van der Waals surface area contributed by atoms with Crippen LogP contribution in [0.1, 0.15) is 5.56 Å². The van der Waals surface area contributed by atoms with Crippen molar-refractivity contribution in [3.05, 3.63) is 29.8 Å². The molecular weight excluding hydrogens is 261 g/mol. The van der Waals surface area contributed by atoms with Crippen LogP contribution in [0.15, 0.2) is 24.3 Å². The quantitative estimate of drug-likeness (QED) is 0.863. The van der Waals surface area contributed by atoms with Gasteiger partial charge in [-0.05, 0) is 17.7 Å². The number of alkyl halides is 3. The Morgan fingerprint density at radius 2 is 1.95 bits per heavy atom. The summed E-state index contributed by atoms with van der Waals surface area (Å²) < 4.78 is 37.1. The number of aliphatic carboxylic acids is 1. The highest BCUT2D eigenvalue weighted by Gasteiger charge is 2.44. The Hall–Kier alpha value is -2.23. The van der Waals surface area contributed by atoms with E-state index in [1.165, 1.54) is 12.1 Å². The molecule has 1 unspecified atom stereocenters. The van der Waals surface area contributed by atoms with E-state index in [-0.39, 0.29) is 6.42 Å². The monoisotopic (exact) mass is 272 g/mol. The van der Waals surface area contributed by atoms with Crippen LogP contribution in [0.2, 0.25) is 0 Å². The molecule has 0 heterocycles. The average molecular weight is 272 g/mol. The van der Waals surface area contributed by atoms with Gasteiger partial charge in [0.25, 0.3) is 0 Å². The zero-order valence-electron chi connectivity index (χ0n) is 9.74. The Kier molecular flexibility index (Phi) is 4.75. The third kappa shape index (κ3) is 4.50. The van der Waals surface area contributed by atoms with Gasteiger partial charge in [0.2, 0.25) is 0 Å². The summed E-state index contributed by atoms with van der Waals surface area (Å²) in [4.78, 5) is 10.5. The number of halogens is 3. The molecule has 102 valence electrons. The third-order valence-electron chi connectivity index (χ3n) is 2.44. The molecule has 2 N–H and O–H groups in total. The maximum Gasteiger partial charge on any atom is 0.403 e. The zero-order chi connectivity index (χ0) is 14.5. The first-order chi connectivity index (χ1) is 8.84. The minimum atomic E-state index is -4.79. The molecule has 0 amide bonds. The number of carboxylic acid groups (broad SMARTS) is 1. The Morgan fingerprint density at radius 3 is 2.37 bits per heavy atom. The molecule has 19 heavy (non-hydrogen) atoms. The number of nitriles is 1. The average Bonchev–Trinajstić information content (AvgIpc) is 2.29. The molecule has 0 radical (unpaired) electrons. The number of rotatable bonds is 5. The van der Waals surface area contributed by atoms with Crippen LogP contribution >= 0.6 is 0 Å². The highest BCUT2D eigenvalue weighted by molar-refractivity contribution is 5.71. The van der Waals surface area contributed by atoms with Gasteiger partial charge in [0.1, 0.15) is 0 Å². The first-order valence-electron chi connectivity index (χ1n) is 5.34. The standard InChI is InChI=1S/C12H11F3N2O2/c13-12(14,15)10(11(18)19)7-17-9-3-1-8(2-4-9)5-6-16/h1-4,10,17H,5,7H2,(H,18,19). The fraction of sp³-hybridized carbons (Fsp3) is 0.333. The molecule has 0 fully saturated rings. The van der Waals surface area contributed by atoms with Gasteiger partial charge in [0.05, 0.1) is 12.5 Å². The predicted octanol–water partition coefficient (Wildman–Crippen LogP) is 2.43. The zero-order valence-corrected chi connectivity index (χ0v) is 9.74. The number of anilines is 1. The minimum Gasteiger partial charge on any atom is -0.481 e. The SMILES string of the molecule is N#CCc1ccc(NCC(C(=O)O)C(F)(F)F)cc1. The van der Waals surface area contributed by atoms with Crippen molar-refractivity contribution < 1.29 is 23.1 Å². The van der Waals surface area contributed by atoms with Crippen LogP contribution in [0.25, 0.3) is 0 Å². The van der Waals surface area contributed by atoms with Crippen LogP contribution in [0.4, 0.5) is 18.9 Å². The van der Waals surface area contributed by atoms with Crippen molar-refractivity contribution in [3.8, 4) is 6.07 Å². The predicted molar refractivity (Wildman–Crippen MR) is 61.4 cm³/mol. The topological polar surface area (TPSA) is 73.1 Å². The van der Waals surface area contributed by atoms with Crippen LogP contribution in [-0.4, -0.2) is 23.8 Å². The van der Waals surface area contributed by atoms with Gasteiger partial charge in [-0.3, -0.25) is 4.79 Å². The number of hydrogen-bond donors (Lipinski definition) is 2. The van der Waals surface area contributed by atoms with E-state index in [0.29, 0.717) is 5.69 Å². The van der Waals surface area contributed by atoms with Gasteiger partial charge in [-0.1, -0.05) is 12.1 Å². The van der Waals surface area contributed by atoms with Gasteiger partial charge in [0, 0.05) is 12.2 Å². The Balaban J connectivity index is 2.65. The van der Waals surface area contributed by atoms with E-state index >= 15 is 0 Å². The number of carboxylic acids is 1. The molecule has 0 saturated heterocycles. The van der Waals surface area contributed by atoms with Gasteiger partial charge in [-0.25, -0.2) is 0 Å². The van der Waals surface area contributed by atoms with Crippen molar-refractivity contribution >= 4 is 11.7 Å². The van der Waals surface area contributed by atoms with Crippen LogP contribution in [0, 0.1) is 17.2 Å². The number of benzene rings is 1. The van der Waals surface area contributed by atoms with E-state index in [1.54, 1.807) is 12.1 Å². The van der Waals surface area contributed by atoms with Gasteiger partial charge >= 0.3 is 12.1 Å². The minimum absolute atomic E-state index is 0.209. The largest absolute Gasteiger partial charge is 0.481 e. The van der Waals surface area contributed by atoms with E-state index in [4.69, 9.17) is 10.4 Å². The molecular formula is C12H11F3N2O2. The lowest BCUT2D eigenvalue weighted by Gasteiger charge is -2.17. The molecule has 0 aliphatic rings. The highest BCUT2D eigenvalue weighted by Crippen LogP contribution is 2.26. The molecule has 1 atom stereocenters. The van der Waals surface area contributed by atoms with Gasteiger partial charge in [-0.2, -0.15) is 18.4 Å². The summed E-state index contributed by atoms with van der Waals surface area (Å²) in [5, 5.41) is 19.4. The van der Waals surface area contributed by atoms with Crippen LogP contribution in [0.5, 0.6) is 0 Å². The molecule has 7 heteroatoms. The summed E-state index contributed by atoms with van der Waals surface area (Å²) >= 11 is 0. The molecule has 0 bridgehead atoms. The molecule has 1 rings (SSSR count). The Labute approximate surface area is 107 Å². The lowest BCUT2D eigenvalue weighted by atomic mass is 10.1. The third-order valence-corrected chi connectivity index (χ3v) is 2.44. The maximum atomic E-state index is 12.4. The molecule has 0 spiro atoms. The van der Waals surface area contributed by atoms with E-state index in [9.17, 15) is 18.0 Å². The summed E-state index contributed by atoms with van der Waals surface area (Å²) in [6.07, 6.45) is -4.58. The molecule has 0 aliphatic heterocycles. The summed E-state index contributed by atoms with van der Waals surface area (Å²) in [6, 6.07) is 8.13. The second kappa shape index (κ2) is 6.09.